The molecule has 0 heterocycles. The molecule has 0 radical (unpaired) electrons. The lowest BCUT2D eigenvalue weighted by atomic mass is 9.76. The van der Waals surface area contributed by atoms with Gasteiger partial charge in [-0.05, 0) is 37.8 Å². The minimum Gasteiger partial charge on any atom is -0.300 e. The lowest BCUT2D eigenvalue weighted by molar-refractivity contribution is -0.210. The van der Waals surface area contributed by atoms with E-state index in [1.165, 1.54) is 13.8 Å². The predicted molar refractivity (Wildman–Crippen MR) is 94.1 cm³/mol. The van der Waals surface area contributed by atoms with Crippen LogP contribution < -0.4 is 4.89 Å². The van der Waals surface area contributed by atoms with E-state index in [-0.39, 0.29) is 33.8 Å². The van der Waals surface area contributed by atoms with Gasteiger partial charge in [-0.1, -0.05) is 29.3 Å². The van der Waals surface area contributed by atoms with Crippen LogP contribution >= 0.6 is 23.2 Å². The summed E-state index contributed by atoms with van der Waals surface area (Å²) in [5, 5.41) is 0.0519. The van der Waals surface area contributed by atoms with E-state index in [9.17, 15) is 14.4 Å². The third-order valence-corrected chi connectivity index (χ3v) is 5.08. The first-order valence-electron chi connectivity index (χ1n) is 7.73. The first kappa shape index (κ1) is 19.5. The summed E-state index contributed by atoms with van der Waals surface area (Å²) in [5.74, 6) is -0.731. The molecule has 1 aliphatic rings. The molecule has 0 spiro atoms. The highest BCUT2D eigenvalue weighted by atomic mass is 35.5. The molecule has 0 amide bonds. The van der Waals surface area contributed by atoms with Crippen LogP contribution in [0.1, 0.15) is 49.0 Å². The summed E-state index contributed by atoms with van der Waals surface area (Å²) in [4.78, 5) is 44.8. The Bertz CT molecular complexity index is 756. The maximum Gasteiger partial charge on any atom is 0.352 e. The van der Waals surface area contributed by atoms with Gasteiger partial charge in [-0.3, -0.25) is 14.6 Å². The molecule has 0 saturated heterocycles. The summed E-state index contributed by atoms with van der Waals surface area (Å²) in [6.07, 6.45) is 3.15. The molecule has 5 nitrogen and oxygen atoms in total. The first-order valence-corrected chi connectivity index (χ1v) is 8.48. The van der Waals surface area contributed by atoms with Gasteiger partial charge in [0.2, 0.25) is 0 Å². The number of hydrogen-bond acceptors (Lipinski definition) is 5. The third-order valence-electron chi connectivity index (χ3n) is 4.23. The Labute approximate surface area is 155 Å². The number of fused-ring (bicyclic) bond motifs is 1. The van der Waals surface area contributed by atoms with Gasteiger partial charge >= 0.3 is 5.97 Å². The van der Waals surface area contributed by atoms with Crippen LogP contribution in [0, 0.1) is 5.41 Å². The van der Waals surface area contributed by atoms with Gasteiger partial charge in [-0.15, -0.1) is 6.58 Å². The molecule has 0 bridgehead atoms. The normalized spacial score (nSPS) is 18.6. The minimum atomic E-state index is -0.775. The Morgan fingerprint density at radius 3 is 2.56 bits per heavy atom. The number of benzene rings is 1. The lowest BCUT2D eigenvalue weighted by Crippen LogP contribution is -2.28. The van der Waals surface area contributed by atoms with Crippen molar-refractivity contribution in [1.82, 2.24) is 0 Å². The van der Waals surface area contributed by atoms with Crippen molar-refractivity contribution in [1.29, 1.82) is 0 Å². The monoisotopic (exact) mass is 384 g/mol. The van der Waals surface area contributed by atoms with Gasteiger partial charge in [0.05, 0.1) is 5.02 Å². The minimum absolute atomic E-state index is 0.00372. The summed E-state index contributed by atoms with van der Waals surface area (Å²) in [6.45, 7) is 6.39. The zero-order valence-electron chi connectivity index (χ0n) is 14.0. The lowest BCUT2D eigenvalue weighted by Gasteiger charge is -2.25. The number of allylic oxidation sites excluding steroid dienone is 1. The molecule has 0 N–H and O–H groups in total. The van der Waals surface area contributed by atoms with E-state index in [0.717, 1.165) is 0 Å². The molecule has 0 aliphatic heterocycles. The van der Waals surface area contributed by atoms with Gasteiger partial charge in [0.15, 0.2) is 11.5 Å². The molecule has 134 valence electrons. The summed E-state index contributed by atoms with van der Waals surface area (Å²) in [7, 11) is 0. The average Bonchev–Trinajstić information content (AvgIpc) is 2.80. The van der Waals surface area contributed by atoms with Crippen molar-refractivity contribution in [3.05, 3.63) is 39.9 Å². The van der Waals surface area contributed by atoms with Crippen LogP contribution in [0.15, 0.2) is 18.7 Å². The third kappa shape index (κ3) is 3.88. The van der Waals surface area contributed by atoms with Gasteiger partial charge in [0.25, 0.3) is 0 Å². The molecular weight excluding hydrogens is 367 g/mol. The summed E-state index contributed by atoms with van der Waals surface area (Å²) < 4.78 is 0. The number of halogens is 2. The summed E-state index contributed by atoms with van der Waals surface area (Å²) in [5.41, 5.74) is 0.196. The number of ketones is 2. The summed E-state index contributed by atoms with van der Waals surface area (Å²) >= 11 is 12.4. The standard InChI is InChI=1S/C18H18Cl2O5/c1-4-6-18(7-5-10(2)21)9-12-8-13(25-24-11(3)22)15(19)16(20)14(12)17(18)23/h4,8H,1,5-7,9H2,2-3H3. The van der Waals surface area contributed by atoms with Crippen LogP contribution in [-0.2, 0) is 20.9 Å². The average molecular weight is 385 g/mol. The van der Waals surface area contributed by atoms with E-state index in [2.05, 4.69) is 11.5 Å². The number of carbonyl (C=O) groups is 3. The number of carbonyl (C=O) groups excluding carboxylic acids is 3. The topological polar surface area (TPSA) is 69.7 Å². The quantitative estimate of drug-likeness (QED) is 0.392. The highest BCUT2D eigenvalue weighted by Crippen LogP contribution is 2.49. The molecule has 1 aliphatic carbocycles. The fraction of sp³-hybridized carbons (Fsp3) is 0.389. The van der Waals surface area contributed by atoms with Gasteiger partial charge in [0.1, 0.15) is 10.8 Å². The molecule has 1 aromatic rings. The van der Waals surface area contributed by atoms with Crippen LogP contribution in [0.25, 0.3) is 0 Å². The van der Waals surface area contributed by atoms with Gasteiger partial charge < -0.3 is 4.79 Å². The molecule has 2 rings (SSSR count). The van der Waals surface area contributed by atoms with Crippen LogP contribution in [-0.4, -0.2) is 17.5 Å². The van der Waals surface area contributed by atoms with Crippen molar-refractivity contribution in [2.24, 2.45) is 5.41 Å². The molecule has 7 heteroatoms. The SMILES string of the molecule is C=CCC1(CCC(C)=O)Cc2cc(OOC(C)=O)c(Cl)c(Cl)c2C1=O. The highest BCUT2D eigenvalue weighted by Gasteiger charge is 2.46. The van der Waals surface area contributed by atoms with Crippen molar-refractivity contribution in [3.63, 3.8) is 0 Å². The largest absolute Gasteiger partial charge is 0.352 e. The van der Waals surface area contributed by atoms with E-state index < -0.39 is 11.4 Å². The van der Waals surface area contributed by atoms with E-state index >= 15 is 0 Å². The molecule has 0 aromatic heterocycles. The molecule has 1 aromatic carbocycles. The van der Waals surface area contributed by atoms with Crippen molar-refractivity contribution >= 4 is 40.7 Å². The number of hydrogen-bond donors (Lipinski definition) is 0. The first-order chi connectivity index (χ1) is 11.7. The van der Waals surface area contributed by atoms with E-state index in [1.54, 1.807) is 12.1 Å². The molecule has 0 fully saturated rings. The Morgan fingerprint density at radius 1 is 1.32 bits per heavy atom. The van der Waals surface area contributed by atoms with Gasteiger partial charge in [-0.2, -0.15) is 0 Å². The van der Waals surface area contributed by atoms with Crippen LogP contribution in [0.3, 0.4) is 0 Å². The number of rotatable bonds is 7. The zero-order valence-corrected chi connectivity index (χ0v) is 15.5. The van der Waals surface area contributed by atoms with Crippen LogP contribution in [0.2, 0.25) is 10.0 Å². The Balaban J connectivity index is 2.44. The Morgan fingerprint density at radius 2 is 2.00 bits per heavy atom. The van der Waals surface area contributed by atoms with E-state index in [1.807, 2.05) is 0 Å². The second-order valence-electron chi connectivity index (χ2n) is 6.18. The van der Waals surface area contributed by atoms with Crippen LogP contribution in [0.4, 0.5) is 0 Å². The van der Waals surface area contributed by atoms with Gasteiger partial charge in [0, 0.05) is 24.3 Å². The van der Waals surface area contributed by atoms with Crippen LogP contribution in [0.5, 0.6) is 5.75 Å². The van der Waals surface area contributed by atoms with Crippen molar-refractivity contribution in [2.75, 3.05) is 0 Å². The predicted octanol–water partition coefficient (Wildman–Crippen LogP) is 4.52. The smallest absolute Gasteiger partial charge is 0.300 e. The highest BCUT2D eigenvalue weighted by molar-refractivity contribution is 6.45. The van der Waals surface area contributed by atoms with Gasteiger partial charge in [-0.25, -0.2) is 4.79 Å². The fourth-order valence-electron chi connectivity index (χ4n) is 3.07. The second kappa shape index (κ2) is 7.58. The number of Topliss-reactive ketones (excluding diaryl/α,β-unsaturated/α-hetero) is 2. The molecule has 25 heavy (non-hydrogen) atoms. The van der Waals surface area contributed by atoms with Crippen molar-refractivity contribution in [2.45, 2.75) is 39.5 Å². The molecule has 1 unspecified atom stereocenters. The molecule has 0 saturated carbocycles. The van der Waals surface area contributed by atoms with Crippen molar-refractivity contribution in [3.8, 4) is 5.75 Å². The zero-order chi connectivity index (χ0) is 18.8. The molecule has 1 atom stereocenters. The van der Waals surface area contributed by atoms with E-state index in [4.69, 9.17) is 28.1 Å². The second-order valence-corrected chi connectivity index (χ2v) is 6.93. The maximum absolute atomic E-state index is 13.0. The van der Waals surface area contributed by atoms with Crippen molar-refractivity contribution < 1.29 is 24.2 Å². The maximum atomic E-state index is 13.0. The fourth-order valence-corrected chi connectivity index (χ4v) is 3.55. The Kier molecular flexibility index (Phi) is 5.91. The van der Waals surface area contributed by atoms with E-state index in [0.29, 0.717) is 30.4 Å². The Hall–Kier alpha value is -1.85. The summed E-state index contributed by atoms with van der Waals surface area (Å²) in [6, 6.07) is 1.54. The molecular formula is C18H18Cl2O5.